The zero-order chi connectivity index (χ0) is 20.8. The van der Waals surface area contributed by atoms with Crippen LogP contribution in [0.1, 0.15) is 44.2 Å². The summed E-state index contributed by atoms with van der Waals surface area (Å²) < 4.78 is 15.0. The van der Waals surface area contributed by atoms with Gasteiger partial charge in [-0.1, -0.05) is 30.7 Å². The fourth-order valence-corrected chi connectivity index (χ4v) is 3.57. The summed E-state index contributed by atoms with van der Waals surface area (Å²) in [4.78, 5) is 27.8. The molecule has 0 saturated carbocycles. The number of amides is 1. The first-order valence-electron chi connectivity index (χ1n) is 9.72. The predicted octanol–water partition coefficient (Wildman–Crippen LogP) is 4.64. The first kappa shape index (κ1) is 20.9. The molecule has 3 rings (SSSR count). The number of para-hydroxylation sites is 1. The highest BCUT2D eigenvalue weighted by atomic mass is 32.1. The average Bonchev–Trinajstić information content (AvgIpc) is 2.70. The molecule has 0 radical (unpaired) electrons. The Labute approximate surface area is 173 Å². The van der Waals surface area contributed by atoms with Gasteiger partial charge in [-0.3, -0.25) is 14.2 Å². The molecule has 1 atom stereocenters. The van der Waals surface area contributed by atoms with Gasteiger partial charge in [-0.05, 0) is 61.8 Å². The standard InChI is InChI=1S/C22H24FN3O2S/c1-15(16-10-12-17(23)13-11-16)24-20(27)9-3-2-6-14-26-21(28)18-7-4-5-8-19(18)25-22(26)29/h4-5,7-8,10-13,15H,2-3,6,9,14H2,1H3,(H,24,27)(H,25,29). The molecule has 1 heterocycles. The molecule has 5 nitrogen and oxygen atoms in total. The number of aromatic amines is 1. The summed E-state index contributed by atoms with van der Waals surface area (Å²) in [6, 6.07) is 13.3. The second-order valence-electron chi connectivity index (χ2n) is 7.08. The molecule has 3 aromatic rings. The first-order valence-corrected chi connectivity index (χ1v) is 10.1. The lowest BCUT2D eigenvalue weighted by Gasteiger charge is -2.14. The van der Waals surface area contributed by atoms with Crippen LogP contribution in [0.2, 0.25) is 0 Å². The molecule has 0 aliphatic rings. The molecule has 0 bridgehead atoms. The normalized spacial score (nSPS) is 12.1. The van der Waals surface area contributed by atoms with E-state index in [2.05, 4.69) is 10.3 Å². The number of fused-ring (bicyclic) bond motifs is 1. The van der Waals surface area contributed by atoms with E-state index < -0.39 is 0 Å². The number of nitrogens with zero attached hydrogens (tertiary/aromatic N) is 1. The third-order valence-corrected chi connectivity index (χ3v) is 5.24. The second-order valence-corrected chi connectivity index (χ2v) is 7.47. The number of unbranched alkanes of at least 4 members (excludes halogenated alkanes) is 2. The Morgan fingerprint density at radius 1 is 1.14 bits per heavy atom. The number of benzene rings is 2. The number of carbonyl (C=O) groups is 1. The van der Waals surface area contributed by atoms with E-state index in [1.54, 1.807) is 22.8 Å². The molecule has 0 fully saturated rings. The monoisotopic (exact) mass is 413 g/mol. The van der Waals surface area contributed by atoms with Crippen molar-refractivity contribution in [2.75, 3.05) is 0 Å². The smallest absolute Gasteiger partial charge is 0.262 e. The van der Waals surface area contributed by atoms with Crippen LogP contribution in [0, 0.1) is 10.6 Å². The number of H-pyrrole nitrogens is 1. The molecule has 0 aliphatic carbocycles. The van der Waals surface area contributed by atoms with Gasteiger partial charge in [0.05, 0.1) is 16.9 Å². The lowest BCUT2D eigenvalue weighted by atomic mass is 10.1. The molecule has 2 N–H and O–H groups in total. The van der Waals surface area contributed by atoms with Crippen LogP contribution in [0.5, 0.6) is 0 Å². The van der Waals surface area contributed by atoms with Gasteiger partial charge in [0.1, 0.15) is 5.82 Å². The molecule has 152 valence electrons. The van der Waals surface area contributed by atoms with Gasteiger partial charge in [0.2, 0.25) is 5.91 Å². The molecule has 1 unspecified atom stereocenters. The van der Waals surface area contributed by atoms with E-state index in [1.165, 1.54) is 12.1 Å². The van der Waals surface area contributed by atoms with Gasteiger partial charge in [0.25, 0.3) is 5.56 Å². The van der Waals surface area contributed by atoms with Gasteiger partial charge in [0.15, 0.2) is 4.77 Å². The third kappa shape index (κ3) is 5.38. The maximum atomic E-state index is 13.0. The fourth-order valence-electron chi connectivity index (χ4n) is 3.28. The fraction of sp³-hybridized carbons (Fsp3) is 0.318. The van der Waals surface area contributed by atoms with Gasteiger partial charge in [-0.15, -0.1) is 0 Å². The number of hydrogen-bond acceptors (Lipinski definition) is 3. The summed E-state index contributed by atoms with van der Waals surface area (Å²) in [6.07, 6.45) is 2.70. The van der Waals surface area contributed by atoms with E-state index in [4.69, 9.17) is 12.2 Å². The number of aromatic nitrogens is 2. The van der Waals surface area contributed by atoms with Crippen LogP contribution >= 0.6 is 12.2 Å². The average molecular weight is 414 g/mol. The van der Waals surface area contributed by atoms with Crippen molar-refractivity contribution in [2.45, 2.75) is 45.2 Å². The lowest BCUT2D eigenvalue weighted by molar-refractivity contribution is -0.121. The highest BCUT2D eigenvalue weighted by Gasteiger charge is 2.10. The van der Waals surface area contributed by atoms with Crippen molar-refractivity contribution in [3.05, 3.63) is 75.0 Å². The van der Waals surface area contributed by atoms with Crippen LogP contribution in [0.4, 0.5) is 4.39 Å². The predicted molar refractivity (Wildman–Crippen MR) is 115 cm³/mol. The Hall–Kier alpha value is -2.80. The summed E-state index contributed by atoms with van der Waals surface area (Å²) in [5.41, 5.74) is 1.52. The van der Waals surface area contributed by atoms with Crippen molar-refractivity contribution in [2.24, 2.45) is 0 Å². The van der Waals surface area contributed by atoms with Crippen molar-refractivity contribution >= 4 is 29.0 Å². The van der Waals surface area contributed by atoms with E-state index in [-0.39, 0.29) is 23.3 Å². The molecule has 0 saturated heterocycles. The molecule has 2 aromatic carbocycles. The number of halogens is 1. The van der Waals surface area contributed by atoms with Crippen LogP contribution in [-0.2, 0) is 11.3 Å². The van der Waals surface area contributed by atoms with Crippen LogP contribution < -0.4 is 10.9 Å². The zero-order valence-corrected chi connectivity index (χ0v) is 17.1. The quantitative estimate of drug-likeness (QED) is 0.418. The Balaban J connectivity index is 1.46. The van der Waals surface area contributed by atoms with Gasteiger partial charge in [-0.2, -0.15) is 0 Å². The van der Waals surface area contributed by atoms with E-state index in [9.17, 15) is 14.0 Å². The van der Waals surface area contributed by atoms with Crippen molar-refractivity contribution in [1.29, 1.82) is 0 Å². The molecule has 7 heteroatoms. The van der Waals surface area contributed by atoms with E-state index in [1.807, 2.05) is 25.1 Å². The summed E-state index contributed by atoms with van der Waals surface area (Å²) in [6.45, 7) is 2.39. The molecular weight excluding hydrogens is 389 g/mol. The van der Waals surface area contributed by atoms with Crippen molar-refractivity contribution in [3.8, 4) is 0 Å². The van der Waals surface area contributed by atoms with E-state index in [0.29, 0.717) is 23.1 Å². The van der Waals surface area contributed by atoms with Crippen LogP contribution in [0.15, 0.2) is 53.3 Å². The number of nitrogens with one attached hydrogen (secondary N) is 2. The van der Waals surface area contributed by atoms with Crippen molar-refractivity contribution in [3.63, 3.8) is 0 Å². The largest absolute Gasteiger partial charge is 0.350 e. The third-order valence-electron chi connectivity index (χ3n) is 4.92. The van der Waals surface area contributed by atoms with Crippen molar-refractivity contribution in [1.82, 2.24) is 14.9 Å². The first-order chi connectivity index (χ1) is 14.0. The number of rotatable bonds is 8. The van der Waals surface area contributed by atoms with E-state index in [0.717, 1.165) is 30.3 Å². The molecule has 1 amide bonds. The van der Waals surface area contributed by atoms with Gasteiger partial charge in [0, 0.05) is 13.0 Å². The minimum Gasteiger partial charge on any atom is -0.350 e. The number of carbonyl (C=O) groups excluding carboxylic acids is 1. The second kappa shape index (κ2) is 9.60. The Bertz CT molecular complexity index is 1110. The molecule has 0 aliphatic heterocycles. The maximum Gasteiger partial charge on any atom is 0.262 e. The highest BCUT2D eigenvalue weighted by Crippen LogP contribution is 2.13. The topological polar surface area (TPSA) is 66.9 Å². The summed E-state index contributed by atoms with van der Waals surface area (Å²) in [5, 5.41) is 3.54. The molecule has 29 heavy (non-hydrogen) atoms. The van der Waals surface area contributed by atoms with Gasteiger partial charge >= 0.3 is 0 Å². The Morgan fingerprint density at radius 2 is 1.86 bits per heavy atom. The minimum absolute atomic E-state index is 0.0398. The van der Waals surface area contributed by atoms with Crippen LogP contribution in [0.3, 0.4) is 0 Å². The Morgan fingerprint density at radius 3 is 2.62 bits per heavy atom. The zero-order valence-electron chi connectivity index (χ0n) is 16.3. The van der Waals surface area contributed by atoms with Gasteiger partial charge < -0.3 is 10.3 Å². The summed E-state index contributed by atoms with van der Waals surface area (Å²) in [5.74, 6) is -0.334. The van der Waals surface area contributed by atoms with E-state index >= 15 is 0 Å². The summed E-state index contributed by atoms with van der Waals surface area (Å²) >= 11 is 5.31. The minimum atomic E-state index is -0.294. The molecular formula is C22H24FN3O2S. The Kier molecular flexibility index (Phi) is 6.93. The van der Waals surface area contributed by atoms with Crippen LogP contribution in [0.25, 0.3) is 10.9 Å². The maximum absolute atomic E-state index is 13.0. The van der Waals surface area contributed by atoms with Crippen molar-refractivity contribution < 1.29 is 9.18 Å². The SMILES string of the molecule is CC(NC(=O)CCCCCn1c(=S)[nH]c2ccccc2c1=O)c1ccc(F)cc1. The lowest BCUT2D eigenvalue weighted by Crippen LogP contribution is -2.26. The van der Waals surface area contributed by atoms with Gasteiger partial charge in [-0.25, -0.2) is 4.39 Å². The molecule has 0 spiro atoms. The highest BCUT2D eigenvalue weighted by molar-refractivity contribution is 7.71. The molecule has 1 aromatic heterocycles. The van der Waals surface area contributed by atoms with Crippen LogP contribution in [-0.4, -0.2) is 15.5 Å². The summed E-state index contributed by atoms with van der Waals surface area (Å²) in [7, 11) is 0. The number of hydrogen-bond donors (Lipinski definition) is 2.